The molecule has 4 rings (SSSR count). The van der Waals surface area contributed by atoms with Crippen LogP contribution >= 0.6 is 24.2 Å². The normalized spacial score (nSPS) is 23.5. The van der Waals surface area contributed by atoms with E-state index in [0.717, 1.165) is 53.4 Å². The van der Waals surface area contributed by atoms with Gasteiger partial charge in [0, 0.05) is 43.3 Å². The number of nitrogens with two attached hydrogens (primary N) is 1. The van der Waals surface area contributed by atoms with Crippen molar-refractivity contribution in [1.29, 1.82) is 0 Å². The van der Waals surface area contributed by atoms with Gasteiger partial charge in [-0.25, -0.2) is 9.97 Å². The molecule has 4 heterocycles. The minimum absolute atomic E-state index is 0. The van der Waals surface area contributed by atoms with Gasteiger partial charge < -0.3 is 20.5 Å². The highest BCUT2D eigenvalue weighted by molar-refractivity contribution is 8.04. The van der Waals surface area contributed by atoms with E-state index in [-0.39, 0.29) is 23.9 Å². The van der Waals surface area contributed by atoms with Gasteiger partial charge in [0.1, 0.15) is 17.8 Å². The molecule has 2 aliphatic rings. The molecule has 7 nitrogen and oxygen atoms in total. The number of likely N-dealkylation sites (tertiary alicyclic amines) is 1. The first-order valence-electron chi connectivity index (χ1n) is 8.51. The molecular weight excluding hydrogens is 372 g/mol. The Bertz CT molecular complexity index is 836. The van der Waals surface area contributed by atoms with Crippen molar-refractivity contribution >= 4 is 46.9 Å². The minimum atomic E-state index is -0.294. The van der Waals surface area contributed by atoms with Crippen LogP contribution in [0, 0.1) is 0 Å². The van der Waals surface area contributed by atoms with Gasteiger partial charge >= 0.3 is 0 Å². The number of piperidine rings is 1. The van der Waals surface area contributed by atoms with Crippen molar-refractivity contribution in [3.05, 3.63) is 29.7 Å². The number of fused-ring (bicyclic) bond motifs is 1. The fourth-order valence-corrected chi connectivity index (χ4v) is 4.43. The Labute approximate surface area is 162 Å². The van der Waals surface area contributed by atoms with Crippen LogP contribution in [0.3, 0.4) is 0 Å². The molecule has 0 spiro atoms. The third kappa shape index (κ3) is 3.67. The molecule has 2 aromatic heterocycles. The van der Waals surface area contributed by atoms with Gasteiger partial charge in [-0.3, -0.25) is 4.79 Å². The van der Waals surface area contributed by atoms with Gasteiger partial charge in [-0.15, -0.1) is 24.2 Å². The van der Waals surface area contributed by atoms with E-state index in [1.165, 1.54) is 0 Å². The van der Waals surface area contributed by atoms with E-state index in [0.29, 0.717) is 6.54 Å². The summed E-state index contributed by atoms with van der Waals surface area (Å²) in [5, 5.41) is 0.963. The zero-order chi connectivity index (χ0) is 17.4. The van der Waals surface area contributed by atoms with Crippen LogP contribution < -0.4 is 10.6 Å². The number of thioether (sulfide) groups is 1. The Kier molecular flexibility index (Phi) is 5.45. The second-order valence-corrected chi connectivity index (χ2v) is 8.09. The van der Waals surface area contributed by atoms with Gasteiger partial charge in [0.05, 0.1) is 10.3 Å². The fourth-order valence-electron chi connectivity index (χ4n) is 3.47. The molecular formula is C17H23ClN6OS. The van der Waals surface area contributed by atoms with Gasteiger partial charge in [-0.05, 0) is 25.8 Å². The first-order valence-corrected chi connectivity index (χ1v) is 9.50. The maximum atomic E-state index is 12.9. The fraction of sp³-hybridized carbons (Fsp3) is 0.471. The smallest absolute Gasteiger partial charge is 0.261 e. The number of aromatic amines is 1. The SMILES string of the molecule is C[C@@]1(N)CCCN(C(=O)C2=CN(c3ncnc4[nH]ccc34)CCS2)C1.Cl. The summed E-state index contributed by atoms with van der Waals surface area (Å²) in [5.74, 6) is 1.76. The molecule has 1 fully saturated rings. The molecule has 0 unspecified atom stereocenters. The molecule has 26 heavy (non-hydrogen) atoms. The summed E-state index contributed by atoms with van der Waals surface area (Å²) in [6, 6.07) is 1.96. The van der Waals surface area contributed by atoms with Crippen molar-refractivity contribution in [1.82, 2.24) is 19.9 Å². The second-order valence-electron chi connectivity index (χ2n) is 6.96. The van der Waals surface area contributed by atoms with E-state index in [9.17, 15) is 4.79 Å². The van der Waals surface area contributed by atoms with E-state index < -0.39 is 0 Å². The molecule has 9 heteroatoms. The first-order chi connectivity index (χ1) is 12.0. The number of carbonyl (C=O) groups excluding carboxylic acids is 1. The first kappa shape index (κ1) is 19.0. The highest BCUT2D eigenvalue weighted by Crippen LogP contribution is 2.31. The van der Waals surface area contributed by atoms with Crippen LogP contribution in [-0.2, 0) is 4.79 Å². The molecule has 0 aromatic carbocycles. The lowest BCUT2D eigenvalue weighted by Crippen LogP contribution is -2.54. The summed E-state index contributed by atoms with van der Waals surface area (Å²) < 4.78 is 0. The number of hydrogen-bond acceptors (Lipinski definition) is 6. The van der Waals surface area contributed by atoms with Crippen molar-refractivity contribution < 1.29 is 4.79 Å². The maximum Gasteiger partial charge on any atom is 0.261 e. The Morgan fingerprint density at radius 1 is 1.38 bits per heavy atom. The van der Waals surface area contributed by atoms with Crippen LogP contribution in [0.4, 0.5) is 5.82 Å². The Hall–Kier alpha value is -1.77. The van der Waals surface area contributed by atoms with Crippen molar-refractivity contribution in [2.75, 3.05) is 30.3 Å². The third-order valence-corrected chi connectivity index (χ3v) is 5.67. The summed E-state index contributed by atoms with van der Waals surface area (Å²) in [6.45, 7) is 4.22. The van der Waals surface area contributed by atoms with Gasteiger partial charge in [-0.2, -0.15) is 0 Å². The number of H-pyrrole nitrogens is 1. The van der Waals surface area contributed by atoms with Crippen LogP contribution in [0.25, 0.3) is 11.0 Å². The summed E-state index contributed by atoms with van der Waals surface area (Å²) in [7, 11) is 0. The zero-order valence-corrected chi connectivity index (χ0v) is 16.3. The van der Waals surface area contributed by atoms with Crippen molar-refractivity contribution in [2.24, 2.45) is 5.73 Å². The van der Waals surface area contributed by atoms with E-state index in [2.05, 4.69) is 15.0 Å². The van der Waals surface area contributed by atoms with Crippen LogP contribution in [0.1, 0.15) is 19.8 Å². The Morgan fingerprint density at radius 2 is 2.23 bits per heavy atom. The minimum Gasteiger partial charge on any atom is -0.346 e. The molecule has 2 aromatic rings. The number of amides is 1. The molecule has 0 saturated carbocycles. The molecule has 0 radical (unpaired) electrons. The lowest BCUT2D eigenvalue weighted by atomic mass is 9.92. The molecule has 1 amide bonds. The van der Waals surface area contributed by atoms with E-state index in [1.807, 2.05) is 35.2 Å². The number of anilines is 1. The maximum absolute atomic E-state index is 12.9. The number of halogens is 1. The average molecular weight is 395 g/mol. The van der Waals surface area contributed by atoms with Gasteiger partial charge in [-0.1, -0.05) is 0 Å². The predicted octanol–water partition coefficient (Wildman–Crippen LogP) is 2.11. The highest BCUT2D eigenvalue weighted by Gasteiger charge is 2.32. The van der Waals surface area contributed by atoms with E-state index in [4.69, 9.17) is 5.73 Å². The lowest BCUT2D eigenvalue weighted by molar-refractivity contribution is -0.128. The van der Waals surface area contributed by atoms with E-state index >= 15 is 0 Å². The van der Waals surface area contributed by atoms with Crippen molar-refractivity contribution in [2.45, 2.75) is 25.3 Å². The summed E-state index contributed by atoms with van der Waals surface area (Å²) in [5.41, 5.74) is 6.76. The Balaban J connectivity index is 0.00000196. The molecule has 1 saturated heterocycles. The van der Waals surface area contributed by atoms with E-state index in [1.54, 1.807) is 18.1 Å². The van der Waals surface area contributed by atoms with Gasteiger partial charge in [0.15, 0.2) is 0 Å². The molecule has 140 valence electrons. The molecule has 3 N–H and O–H groups in total. The van der Waals surface area contributed by atoms with Crippen molar-refractivity contribution in [3.8, 4) is 0 Å². The number of nitrogens with zero attached hydrogens (tertiary/aromatic N) is 4. The number of carbonyl (C=O) groups is 1. The van der Waals surface area contributed by atoms with Gasteiger partial charge in [0.25, 0.3) is 5.91 Å². The summed E-state index contributed by atoms with van der Waals surface area (Å²) >= 11 is 1.61. The molecule has 2 aliphatic heterocycles. The molecule has 0 bridgehead atoms. The second kappa shape index (κ2) is 7.46. The summed E-state index contributed by atoms with van der Waals surface area (Å²) in [4.78, 5) is 29.4. The molecule has 0 aliphatic carbocycles. The quantitative estimate of drug-likeness (QED) is 0.810. The lowest BCUT2D eigenvalue weighted by Gasteiger charge is -2.38. The van der Waals surface area contributed by atoms with Crippen LogP contribution in [-0.4, -0.2) is 56.7 Å². The third-order valence-electron chi connectivity index (χ3n) is 4.69. The monoisotopic (exact) mass is 394 g/mol. The standard InChI is InChI=1S/C17H22N6OS.ClH/c1-17(18)4-2-6-23(10-17)16(24)13-9-22(7-8-25-13)15-12-3-5-19-14(12)20-11-21-15;/h3,5,9,11H,2,4,6-8,10,18H2,1H3,(H,19,20,21);1H/t17-;/m1./s1. The van der Waals surface area contributed by atoms with Crippen LogP contribution in [0.15, 0.2) is 29.7 Å². The van der Waals surface area contributed by atoms with Crippen molar-refractivity contribution in [3.63, 3.8) is 0 Å². The zero-order valence-electron chi connectivity index (χ0n) is 14.6. The number of hydrogen-bond donors (Lipinski definition) is 2. The average Bonchev–Trinajstić information content (AvgIpc) is 3.09. The van der Waals surface area contributed by atoms with Gasteiger partial charge in [0.2, 0.25) is 0 Å². The Morgan fingerprint density at radius 3 is 3.04 bits per heavy atom. The summed E-state index contributed by atoms with van der Waals surface area (Å²) in [6.07, 6.45) is 7.24. The molecule has 1 atom stereocenters. The number of rotatable bonds is 2. The number of nitrogens with one attached hydrogen (secondary N) is 1. The number of aromatic nitrogens is 3. The highest BCUT2D eigenvalue weighted by atomic mass is 35.5. The topological polar surface area (TPSA) is 91.1 Å². The largest absolute Gasteiger partial charge is 0.346 e. The van der Waals surface area contributed by atoms with Crippen LogP contribution in [0.5, 0.6) is 0 Å². The predicted molar refractivity (Wildman–Crippen MR) is 107 cm³/mol. The van der Waals surface area contributed by atoms with Crippen LogP contribution in [0.2, 0.25) is 0 Å².